The molecule has 0 aromatic heterocycles. The van der Waals surface area contributed by atoms with E-state index in [1.807, 2.05) is 6.92 Å². The molecule has 0 bridgehead atoms. The first-order chi connectivity index (χ1) is 8.90. The summed E-state index contributed by atoms with van der Waals surface area (Å²) in [5.74, 6) is 0.784. The van der Waals surface area contributed by atoms with Crippen LogP contribution in [0.5, 0.6) is 0 Å². The fraction of sp³-hybridized carbons (Fsp3) is 0.933. The van der Waals surface area contributed by atoms with Gasteiger partial charge in [0.05, 0.1) is 0 Å². The third-order valence-electron chi connectivity index (χ3n) is 4.45. The van der Waals surface area contributed by atoms with Crippen LogP contribution in [-0.4, -0.2) is 42.5 Å². The van der Waals surface area contributed by atoms with Crippen molar-refractivity contribution < 1.29 is 4.79 Å². The molecule has 1 rings (SSSR count). The number of nitrogens with one attached hydrogen (secondary N) is 1. The summed E-state index contributed by atoms with van der Waals surface area (Å²) >= 11 is 0. The Balaban J connectivity index is 0. The Morgan fingerprint density at radius 1 is 1.43 bits per heavy atom. The summed E-state index contributed by atoms with van der Waals surface area (Å²) in [5, 5.41) is 3.04. The molecule has 0 spiro atoms. The average molecular weight is 342 g/mol. The number of nitrogens with two attached hydrogens (primary N) is 1. The molecule has 0 saturated carbocycles. The second kappa shape index (κ2) is 10.7. The first kappa shape index (κ1) is 23.2. The summed E-state index contributed by atoms with van der Waals surface area (Å²) in [7, 11) is 0. The molecule has 2 atom stereocenters. The lowest BCUT2D eigenvalue weighted by Gasteiger charge is -2.43. The van der Waals surface area contributed by atoms with Crippen LogP contribution in [0.25, 0.3) is 0 Å². The molecule has 0 radical (unpaired) electrons. The summed E-state index contributed by atoms with van der Waals surface area (Å²) in [5.41, 5.74) is 5.55. The third-order valence-corrected chi connectivity index (χ3v) is 4.45. The van der Waals surface area contributed by atoms with E-state index in [0.717, 1.165) is 19.0 Å². The lowest BCUT2D eigenvalue weighted by Crippen LogP contribution is -2.55. The van der Waals surface area contributed by atoms with Crippen molar-refractivity contribution in [3.8, 4) is 0 Å². The Labute approximate surface area is 142 Å². The smallest absolute Gasteiger partial charge is 0.224 e. The summed E-state index contributed by atoms with van der Waals surface area (Å²) in [4.78, 5) is 14.3. The van der Waals surface area contributed by atoms with Crippen molar-refractivity contribution in [3.63, 3.8) is 0 Å². The molecule has 21 heavy (non-hydrogen) atoms. The number of rotatable bonds is 6. The molecule has 0 aromatic rings. The number of piperidine rings is 1. The van der Waals surface area contributed by atoms with Crippen molar-refractivity contribution in [1.29, 1.82) is 0 Å². The van der Waals surface area contributed by atoms with Gasteiger partial charge < -0.3 is 11.1 Å². The largest absolute Gasteiger partial charge is 0.354 e. The molecule has 1 saturated heterocycles. The molecular weight excluding hydrogens is 309 g/mol. The Bertz CT molecular complexity index is 301. The van der Waals surface area contributed by atoms with Crippen LogP contribution in [0.15, 0.2) is 0 Å². The number of halogens is 2. The van der Waals surface area contributed by atoms with Gasteiger partial charge in [0.1, 0.15) is 0 Å². The normalized spacial score (nSPS) is 20.9. The minimum Gasteiger partial charge on any atom is -0.354 e. The minimum atomic E-state index is -0.0967. The van der Waals surface area contributed by atoms with Crippen LogP contribution in [0.2, 0.25) is 0 Å². The van der Waals surface area contributed by atoms with Gasteiger partial charge in [-0.1, -0.05) is 20.3 Å². The van der Waals surface area contributed by atoms with E-state index in [0.29, 0.717) is 13.1 Å². The molecule has 3 N–H and O–H groups in total. The zero-order valence-corrected chi connectivity index (χ0v) is 15.5. The van der Waals surface area contributed by atoms with Crippen molar-refractivity contribution in [3.05, 3.63) is 0 Å². The Kier molecular flexibility index (Phi) is 11.8. The van der Waals surface area contributed by atoms with E-state index in [9.17, 15) is 4.79 Å². The van der Waals surface area contributed by atoms with Crippen molar-refractivity contribution in [2.24, 2.45) is 17.6 Å². The molecule has 1 fully saturated rings. The van der Waals surface area contributed by atoms with Crippen molar-refractivity contribution in [1.82, 2.24) is 10.2 Å². The van der Waals surface area contributed by atoms with Gasteiger partial charge in [-0.25, -0.2) is 0 Å². The van der Waals surface area contributed by atoms with Gasteiger partial charge in [-0.15, -0.1) is 24.8 Å². The Morgan fingerprint density at radius 3 is 2.57 bits per heavy atom. The van der Waals surface area contributed by atoms with Gasteiger partial charge in [0.2, 0.25) is 5.91 Å². The maximum absolute atomic E-state index is 11.8. The maximum atomic E-state index is 11.8. The fourth-order valence-electron chi connectivity index (χ4n) is 2.64. The molecule has 6 heteroatoms. The molecule has 4 nitrogen and oxygen atoms in total. The van der Waals surface area contributed by atoms with Crippen LogP contribution in [0.4, 0.5) is 0 Å². The van der Waals surface area contributed by atoms with E-state index in [4.69, 9.17) is 5.73 Å². The van der Waals surface area contributed by atoms with Gasteiger partial charge in [-0.05, 0) is 39.2 Å². The lowest BCUT2D eigenvalue weighted by molar-refractivity contribution is -0.124. The van der Waals surface area contributed by atoms with Crippen molar-refractivity contribution >= 4 is 30.7 Å². The highest BCUT2D eigenvalue weighted by molar-refractivity contribution is 5.85. The quantitative estimate of drug-likeness (QED) is 0.779. The highest BCUT2D eigenvalue weighted by Crippen LogP contribution is 2.25. The predicted octanol–water partition coefficient (Wildman–Crippen LogP) is 2.44. The van der Waals surface area contributed by atoms with Crippen LogP contribution in [0.1, 0.15) is 47.0 Å². The second-order valence-electron chi connectivity index (χ2n) is 6.53. The highest BCUT2D eigenvalue weighted by atomic mass is 35.5. The van der Waals surface area contributed by atoms with E-state index < -0.39 is 0 Å². The SMILES string of the molecule is CCC1CCCN(C(C)(C)CNC(=O)C(C)CN)C1.Cl.Cl. The van der Waals surface area contributed by atoms with Gasteiger partial charge in [0, 0.05) is 31.1 Å². The van der Waals surface area contributed by atoms with E-state index in [1.54, 1.807) is 0 Å². The van der Waals surface area contributed by atoms with Crippen LogP contribution >= 0.6 is 24.8 Å². The van der Waals surface area contributed by atoms with Gasteiger partial charge in [-0.2, -0.15) is 0 Å². The average Bonchev–Trinajstić information content (AvgIpc) is 2.43. The maximum Gasteiger partial charge on any atom is 0.224 e. The summed E-state index contributed by atoms with van der Waals surface area (Å²) in [6, 6.07) is 0. The number of hydrogen-bond donors (Lipinski definition) is 2. The van der Waals surface area contributed by atoms with Crippen LogP contribution in [0.3, 0.4) is 0 Å². The monoisotopic (exact) mass is 341 g/mol. The van der Waals surface area contributed by atoms with Gasteiger partial charge in [-0.3, -0.25) is 9.69 Å². The first-order valence-corrected chi connectivity index (χ1v) is 7.63. The number of likely N-dealkylation sites (tertiary alicyclic amines) is 1. The number of carbonyl (C=O) groups is 1. The molecule has 1 aliphatic rings. The molecule has 0 aliphatic carbocycles. The van der Waals surface area contributed by atoms with E-state index in [1.165, 1.54) is 19.3 Å². The molecule has 128 valence electrons. The second-order valence-corrected chi connectivity index (χ2v) is 6.53. The molecule has 0 aromatic carbocycles. The summed E-state index contributed by atoms with van der Waals surface area (Å²) in [6.07, 6.45) is 3.87. The fourth-order valence-corrected chi connectivity index (χ4v) is 2.64. The highest BCUT2D eigenvalue weighted by Gasteiger charge is 2.31. The van der Waals surface area contributed by atoms with Gasteiger partial charge in [0.25, 0.3) is 0 Å². The van der Waals surface area contributed by atoms with Crippen molar-refractivity contribution in [2.75, 3.05) is 26.2 Å². The number of amides is 1. The van der Waals surface area contributed by atoms with E-state index in [-0.39, 0.29) is 42.2 Å². The van der Waals surface area contributed by atoms with Crippen LogP contribution in [-0.2, 0) is 4.79 Å². The molecule has 2 unspecified atom stereocenters. The Morgan fingerprint density at radius 2 is 2.05 bits per heavy atom. The standard InChI is InChI=1S/C15H31N3O.2ClH/c1-5-13-7-6-8-18(10-13)15(3,4)11-17-14(19)12(2)9-16;;/h12-13H,5-11,16H2,1-4H3,(H,17,19);2*1H. The summed E-state index contributed by atoms with van der Waals surface area (Å²) in [6.45, 7) is 12.0. The molecular formula is C15H33Cl2N3O. The minimum absolute atomic E-state index is 0. The third kappa shape index (κ3) is 7.18. The zero-order valence-electron chi connectivity index (χ0n) is 13.9. The van der Waals surface area contributed by atoms with E-state index in [2.05, 4.69) is 31.0 Å². The Hall–Kier alpha value is -0.0300. The van der Waals surface area contributed by atoms with Crippen molar-refractivity contribution in [2.45, 2.75) is 52.5 Å². The lowest BCUT2D eigenvalue weighted by atomic mass is 9.91. The van der Waals surface area contributed by atoms with Crippen LogP contribution < -0.4 is 11.1 Å². The molecule has 1 amide bonds. The number of nitrogens with zero attached hydrogens (tertiary/aromatic N) is 1. The van der Waals surface area contributed by atoms with E-state index >= 15 is 0 Å². The number of carbonyl (C=O) groups excluding carboxylic acids is 1. The van der Waals surface area contributed by atoms with Crippen LogP contribution in [0, 0.1) is 11.8 Å². The van der Waals surface area contributed by atoms with Gasteiger partial charge in [0.15, 0.2) is 0 Å². The first-order valence-electron chi connectivity index (χ1n) is 7.63. The predicted molar refractivity (Wildman–Crippen MR) is 94.4 cm³/mol. The summed E-state index contributed by atoms with van der Waals surface area (Å²) < 4.78 is 0. The number of hydrogen-bond acceptors (Lipinski definition) is 3. The zero-order chi connectivity index (χ0) is 14.5. The van der Waals surface area contributed by atoms with Gasteiger partial charge >= 0.3 is 0 Å². The molecule has 1 heterocycles. The topological polar surface area (TPSA) is 58.4 Å². The molecule has 1 aliphatic heterocycles.